The van der Waals surface area contributed by atoms with E-state index in [9.17, 15) is 9.50 Å². The molecule has 0 fully saturated rings. The van der Waals surface area contributed by atoms with Crippen molar-refractivity contribution in [3.8, 4) is 0 Å². The molecule has 1 aromatic rings. The average Bonchev–Trinajstić information content (AvgIpc) is 2.45. The Hall–Kier alpha value is -1.17. The zero-order chi connectivity index (χ0) is 15.7. The van der Waals surface area contributed by atoms with Crippen molar-refractivity contribution >= 4 is 5.69 Å². The molecule has 5 heteroatoms. The Morgan fingerprint density at radius 3 is 2.19 bits per heavy atom. The van der Waals surface area contributed by atoms with E-state index in [1.807, 2.05) is 24.8 Å². The van der Waals surface area contributed by atoms with Crippen LogP contribution in [-0.2, 0) is 9.47 Å². The van der Waals surface area contributed by atoms with E-state index >= 15 is 0 Å². The number of hydrogen-bond acceptors (Lipinski definition) is 4. The third-order valence-electron chi connectivity index (χ3n) is 3.21. The van der Waals surface area contributed by atoms with Gasteiger partial charge in [0.15, 0.2) is 0 Å². The predicted molar refractivity (Wildman–Crippen MR) is 82.2 cm³/mol. The van der Waals surface area contributed by atoms with Crippen LogP contribution in [0.25, 0.3) is 0 Å². The standard InChI is InChI=1S/C16H26FNO3/c1-4-20-11-9-18(10-12-21-5-2)15-8-6-7-14(17)16(15)13(3)19/h6-8,13,19H,4-5,9-12H2,1-3H3/t13-/m1/s1. The number of halogens is 1. The minimum absolute atomic E-state index is 0.325. The molecule has 0 bridgehead atoms. The van der Waals surface area contributed by atoms with Crippen LogP contribution in [0.15, 0.2) is 18.2 Å². The van der Waals surface area contributed by atoms with Crippen LogP contribution in [0.5, 0.6) is 0 Å². The first kappa shape index (κ1) is 17.9. The van der Waals surface area contributed by atoms with Crippen molar-refractivity contribution in [2.24, 2.45) is 0 Å². The lowest BCUT2D eigenvalue weighted by Gasteiger charge is -2.28. The highest BCUT2D eigenvalue weighted by Crippen LogP contribution is 2.28. The zero-order valence-electron chi connectivity index (χ0n) is 13.1. The van der Waals surface area contributed by atoms with E-state index in [0.29, 0.717) is 50.8 Å². The molecule has 0 radical (unpaired) electrons. The molecule has 0 aliphatic rings. The summed E-state index contributed by atoms with van der Waals surface area (Å²) in [5.74, 6) is -0.389. The largest absolute Gasteiger partial charge is 0.389 e. The Bertz CT molecular complexity index is 403. The summed E-state index contributed by atoms with van der Waals surface area (Å²) in [5.41, 5.74) is 1.02. The lowest BCUT2D eigenvalue weighted by atomic mass is 10.1. The monoisotopic (exact) mass is 299 g/mol. The molecule has 21 heavy (non-hydrogen) atoms. The summed E-state index contributed by atoms with van der Waals surface area (Å²) in [6.07, 6.45) is -0.858. The first-order chi connectivity index (χ1) is 10.1. The van der Waals surface area contributed by atoms with E-state index < -0.39 is 6.10 Å². The fourth-order valence-corrected chi connectivity index (χ4v) is 2.21. The maximum Gasteiger partial charge on any atom is 0.131 e. The van der Waals surface area contributed by atoms with E-state index in [1.165, 1.54) is 6.07 Å². The van der Waals surface area contributed by atoms with Crippen molar-refractivity contribution in [2.45, 2.75) is 26.9 Å². The van der Waals surface area contributed by atoms with Gasteiger partial charge >= 0.3 is 0 Å². The van der Waals surface area contributed by atoms with E-state index in [4.69, 9.17) is 9.47 Å². The van der Waals surface area contributed by atoms with Crippen molar-refractivity contribution in [3.63, 3.8) is 0 Å². The summed E-state index contributed by atoms with van der Waals surface area (Å²) >= 11 is 0. The van der Waals surface area contributed by atoms with Gasteiger partial charge in [0.05, 0.1) is 19.3 Å². The van der Waals surface area contributed by atoms with Gasteiger partial charge in [-0.05, 0) is 32.9 Å². The van der Waals surface area contributed by atoms with E-state index in [2.05, 4.69) is 0 Å². The molecule has 4 nitrogen and oxygen atoms in total. The molecular formula is C16H26FNO3. The quantitative estimate of drug-likeness (QED) is 0.675. The molecule has 0 saturated carbocycles. The Kier molecular flexibility index (Phi) is 8.27. The van der Waals surface area contributed by atoms with E-state index in [-0.39, 0.29) is 5.82 Å². The van der Waals surface area contributed by atoms with Crippen molar-refractivity contribution in [1.29, 1.82) is 0 Å². The second kappa shape index (κ2) is 9.71. The highest BCUT2D eigenvalue weighted by Gasteiger charge is 2.18. The van der Waals surface area contributed by atoms with Crippen molar-refractivity contribution in [3.05, 3.63) is 29.6 Å². The third-order valence-corrected chi connectivity index (χ3v) is 3.21. The second-order valence-electron chi connectivity index (χ2n) is 4.73. The molecule has 0 unspecified atom stereocenters. The summed E-state index contributed by atoms with van der Waals surface area (Å²) in [4.78, 5) is 2.00. The molecule has 0 aromatic heterocycles. The summed E-state index contributed by atoms with van der Waals surface area (Å²) < 4.78 is 24.8. The van der Waals surface area contributed by atoms with Crippen LogP contribution >= 0.6 is 0 Å². The summed E-state index contributed by atoms with van der Waals surface area (Å²) in [6, 6.07) is 4.85. The van der Waals surface area contributed by atoms with Crippen LogP contribution in [-0.4, -0.2) is 44.6 Å². The van der Waals surface area contributed by atoms with Crippen LogP contribution in [0.4, 0.5) is 10.1 Å². The second-order valence-corrected chi connectivity index (χ2v) is 4.73. The molecule has 0 heterocycles. The van der Waals surface area contributed by atoms with E-state index in [0.717, 1.165) is 0 Å². The molecule has 0 amide bonds. The molecule has 120 valence electrons. The molecule has 0 aliphatic carbocycles. The van der Waals surface area contributed by atoms with Gasteiger partial charge in [-0.25, -0.2) is 4.39 Å². The molecule has 0 aliphatic heterocycles. The number of aliphatic hydroxyl groups excluding tert-OH is 1. The SMILES string of the molecule is CCOCCN(CCOCC)c1cccc(F)c1[C@@H](C)O. The number of aliphatic hydroxyl groups is 1. The Balaban J connectivity index is 2.92. The van der Waals surface area contributed by atoms with Crippen LogP contribution in [0, 0.1) is 5.82 Å². The van der Waals surface area contributed by atoms with Crippen molar-refractivity contribution < 1.29 is 19.0 Å². The molecule has 0 spiro atoms. The average molecular weight is 299 g/mol. The lowest BCUT2D eigenvalue weighted by Crippen LogP contribution is -2.32. The summed E-state index contributed by atoms with van der Waals surface area (Å²) in [5, 5.41) is 9.85. The molecule has 1 rings (SSSR count). The molecule has 1 atom stereocenters. The Morgan fingerprint density at radius 2 is 1.71 bits per heavy atom. The van der Waals surface area contributed by atoms with Gasteiger partial charge in [-0.1, -0.05) is 6.07 Å². The maximum absolute atomic E-state index is 14.0. The third kappa shape index (κ3) is 5.61. The Morgan fingerprint density at radius 1 is 1.14 bits per heavy atom. The Labute approximate surface area is 126 Å². The van der Waals surface area contributed by atoms with Crippen LogP contribution in [0.1, 0.15) is 32.4 Å². The van der Waals surface area contributed by atoms with Crippen LogP contribution in [0.3, 0.4) is 0 Å². The maximum atomic E-state index is 14.0. The van der Waals surface area contributed by atoms with Gasteiger partial charge in [0.1, 0.15) is 5.82 Å². The molecule has 1 aromatic carbocycles. The van der Waals surface area contributed by atoms with Gasteiger partial charge in [0, 0.05) is 37.6 Å². The van der Waals surface area contributed by atoms with Gasteiger partial charge < -0.3 is 19.5 Å². The predicted octanol–water partition coefficient (Wildman–Crippen LogP) is 2.76. The number of nitrogens with zero attached hydrogens (tertiary/aromatic N) is 1. The molecule has 0 saturated heterocycles. The van der Waals surface area contributed by atoms with Gasteiger partial charge in [-0.2, -0.15) is 0 Å². The number of ether oxygens (including phenoxy) is 2. The summed E-state index contributed by atoms with van der Waals surface area (Å²) in [7, 11) is 0. The van der Waals surface area contributed by atoms with E-state index in [1.54, 1.807) is 13.0 Å². The lowest BCUT2D eigenvalue weighted by molar-refractivity contribution is 0.141. The minimum atomic E-state index is -0.858. The highest BCUT2D eigenvalue weighted by molar-refractivity contribution is 5.55. The number of anilines is 1. The van der Waals surface area contributed by atoms with Gasteiger partial charge in [-0.15, -0.1) is 0 Å². The molecular weight excluding hydrogens is 273 g/mol. The smallest absolute Gasteiger partial charge is 0.131 e. The fraction of sp³-hybridized carbons (Fsp3) is 0.625. The van der Waals surface area contributed by atoms with Gasteiger partial charge in [0.2, 0.25) is 0 Å². The normalized spacial score (nSPS) is 12.4. The van der Waals surface area contributed by atoms with Crippen LogP contribution < -0.4 is 4.90 Å². The zero-order valence-corrected chi connectivity index (χ0v) is 13.1. The topological polar surface area (TPSA) is 41.9 Å². The first-order valence-corrected chi connectivity index (χ1v) is 7.48. The summed E-state index contributed by atoms with van der Waals surface area (Å²) in [6.45, 7) is 9.11. The van der Waals surface area contributed by atoms with Crippen LogP contribution in [0.2, 0.25) is 0 Å². The van der Waals surface area contributed by atoms with Crippen molar-refractivity contribution in [2.75, 3.05) is 44.4 Å². The first-order valence-electron chi connectivity index (χ1n) is 7.48. The fourth-order valence-electron chi connectivity index (χ4n) is 2.21. The number of benzene rings is 1. The van der Waals surface area contributed by atoms with Gasteiger partial charge in [0.25, 0.3) is 0 Å². The van der Waals surface area contributed by atoms with Gasteiger partial charge in [-0.3, -0.25) is 0 Å². The highest BCUT2D eigenvalue weighted by atomic mass is 19.1. The van der Waals surface area contributed by atoms with Crippen molar-refractivity contribution in [1.82, 2.24) is 0 Å². The molecule has 1 N–H and O–H groups in total. The minimum Gasteiger partial charge on any atom is -0.389 e. The number of rotatable bonds is 10. The number of hydrogen-bond donors (Lipinski definition) is 1.